The number of pyridine rings is 1. The molecule has 1 heterocycles. The van der Waals surface area contributed by atoms with Crippen LogP contribution in [0.4, 0.5) is 0 Å². The first kappa shape index (κ1) is 13.0. The number of nitrogens with zero attached hydrogens (tertiary/aromatic N) is 2. The lowest BCUT2D eigenvalue weighted by Gasteiger charge is -2.15. The van der Waals surface area contributed by atoms with Gasteiger partial charge in [-0.1, -0.05) is 6.92 Å². The zero-order valence-corrected chi connectivity index (χ0v) is 10.8. The predicted molar refractivity (Wildman–Crippen MR) is 65.4 cm³/mol. The van der Waals surface area contributed by atoms with Gasteiger partial charge in [0.2, 0.25) is 0 Å². The highest BCUT2D eigenvalue weighted by Crippen LogP contribution is 2.29. The van der Waals surface area contributed by atoms with Crippen molar-refractivity contribution in [1.82, 2.24) is 4.98 Å². The summed E-state index contributed by atoms with van der Waals surface area (Å²) in [6.45, 7) is 7.44. The van der Waals surface area contributed by atoms with Crippen molar-refractivity contribution >= 4 is 11.8 Å². The Bertz CT molecular complexity index is 424. The van der Waals surface area contributed by atoms with Crippen LogP contribution in [0.2, 0.25) is 0 Å². The van der Waals surface area contributed by atoms with E-state index >= 15 is 0 Å². The van der Waals surface area contributed by atoms with Crippen molar-refractivity contribution in [3.8, 4) is 6.07 Å². The summed E-state index contributed by atoms with van der Waals surface area (Å²) >= 11 is 1.52. The number of aliphatic hydroxyl groups is 1. The molecule has 0 aliphatic carbocycles. The molecule has 1 aromatic rings. The van der Waals surface area contributed by atoms with Crippen LogP contribution in [0.1, 0.15) is 30.8 Å². The number of rotatable bonds is 3. The van der Waals surface area contributed by atoms with Gasteiger partial charge in [0, 0.05) is 15.8 Å². The van der Waals surface area contributed by atoms with E-state index in [0.29, 0.717) is 5.56 Å². The molecule has 0 bridgehead atoms. The van der Waals surface area contributed by atoms with Crippen LogP contribution >= 0.6 is 11.8 Å². The first-order valence-electron chi connectivity index (χ1n) is 5.18. The van der Waals surface area contributed by atoms with E-state index in [-0.39, 0.29) is 5.25 Å². The van der Waals surface area contributed by atoms with E-state index in [1.807, 2.05) is 26.8 Å². The zero-order valence-electron chi connectivity index (χ0n) is 9.98. The Morgan fingerprint density at radius 3 is 2.56 bits per heavy atom. The number of aryl methyl sites for hydroxylation is 2. The SMILES string of the molecule is Cc1cc(SC(C)C(C)O)c(C#N)c(C)n1. The summed E-state index contributed by atoms with van der Waals surface area (Å²) in [6, 6.07) is 4.07. The minimum Gasteiger partial charge on any atom is -0.392 e. The van der Waals surface area contributed by atoms with Crippen LogP contribution in [-0.4, -0.2) is 21.4 Å². The summed E-state index contributed by atoms with van der Waals surface area (Å²) < 4.78 is 0. The van der Waals surface area contributed by atoms with Crippen LogP contribution in [0, 0.1) is 25.2 Å². The van der Waals surface area contributed by atoms with Crippen molar-refractivity contribution in [1.29, 1.82) is 5.26 Å². The average Bonchev–Trinajstić information content (AvgIpc) is 2.16. The molecule has 2 unspecified atom stereocenters. The zero-order chi connectivity index (χ0) is 12.3. The van der Waals surface area contributed by atoms with Crippen LogP contribution < -0.4 is 0 Å². The molecule has 0 aromatic carbocycles. The molecule has 0 saturated carbocycles. The van der Waals surface area contributed by atoms with Crippen molar-refractivity contribution in [2.24, 2.45) is 0 Å². The molecule has 0 fully saturated rings. The average molecular weight is 236 g/mol. The van der Waals surface area contributed by atoms with Crippen LogP contribution in [-0.2, 0) is 0 Å². The molecule has 0 aliphatic rings. The van der Waals surface area contributed by atoms with Gasteiger partial charge in [0.1, 0.15) is 6.07 Å². The van der Waals surface area contributed by atoms with E-state index in [9.17, 15) is 5.11 Å². The minimum atomic E-state index is -0.398. The Labute approximate surface area is 101 Å². The molecule has 0 spiro atoms. The molecule has 0 aliphatic heterocycles. The molecule has 1 aromatic heterocycles. The summed E-state index contributed by atoms with van der Waals surface area (Å²) in [7, 11) is 0. The third-order valence-electron chi connectivity index (χ3n) is 2.40. The lowest BCUT2D eigenvalue weighted by molar-refractivity contribution is 0.196. The van der Waals surface area contributed by atoms with E-state index in [2.05, 4.69) is 11.1 Å². The van der Waals surface area contributed by atoms with Gasteiger partial charge in [-0.2, -0.15) is 5.26 Å². The van der Waals surface area contributed by atoms with Crippen LogP contribution in [0.3, 0.4) is 0 Å². The molecular formula is C12H16N2OS. The largest absolute Gasteiger partial charge is 0.392 e. The highest BCUT2D eigenvalue weighted by Gasteiger charge is 2.15. The normalized spacial score (nSPS) is 14.2. The lowest BCUT2D eigenvalue weighted by atomic mass is 10.2. The van der Waals surface area contributed by atoms with Crippen LogP contribution in [0.5, 0.6) is 0 Å². The maximum atomic E-state index is 9.47. The fraction of sp³-hybridized carbons (Fsp3) is 0.500. The van der Waals surface area contributed by atoms with E-state index in [1.54, 1.807) is 6.92 Å². The first-order chi connectivity index (χ1) is 7.45. The van der Waals surface area contributed by atoms with Gasteiger partial charge in [0.05, 0.1) is 17.4 Å². The quantitative estimate of drug-likeness (QED) is 0.819. The smallest absolute Gasteiger partial charge is 0.102 e. The summed E-state index contributed by atoms with van der Waals surface area (Å²) in [5, 5.41) is 18.6. The van der Waals surface area contributed by atoms with E-state index in [1.165, 1.54) is 11.8 Å². The van der Waals surface area contributed by atoms with Gasteiger partial charge in [-0.25, -0.2) is 0 Å². The van der Waals surface area contributed by atoms with Gasteiger partial charge in [0.15, 0.2) is 0 Å². The monoisotopic (exact) mass is 236 g/mol. The third-order valence-corrected chi connectivity index (χ3v) is 3.74. The number of thioether (sulfide) groups is 1. The molecular weight excluding hydrogens is 220 g/mol. The van der Waals surface area contributed by atoms with E-state index in [4.69, 9.17) is 5.26 Å². The standard InChI is InChI=1S/C12H16N2OS/c1-7-5-12(16-10(4)9(3)15)11(6-13)8(2)14-7/h5,9-10,15H,1-4H3. The Balaban J connectivity index is 3.08. The summed E-state index contributed by atoms with van der Waals surface area (Å²) in [6.07, 6.45) is -0.398. The van der Waals surface area contributed by atoms with Crippen molar-refractivity contribution in [2.75, 3.05) is 0 Å². The van der Waals surface area contributed by atoms with Crippen molar-refractivity contribution in [3.05, 3.63) is 23.0 Å². The summed E-state index contributed by atoms with van der Waals surface area (Å²) in [5.41, 5.74) is 2.27. The Morgan fingerprint density at radius 2 is 2.06 bits per heavy atom. The lowest BCUT2D eigenvalue weighted by Crippen LogP contribution is -2.15. The molecule has 86 valence electrons. The number of nitriles is 1. The topological polar surface area (TPSA) is 56.9 Å². The second kappa shape index (κ2) is 5.33. The minimum absolute atomic E-state index is 0.0632. The summed E-state index contributed by atoms with van der Waals surface area (Å²) in [5.74, 6) is 0. The van der Waals surface area contributed by atoms with Gasteiger partial charge in [-0.15, -0.1) is 11.8 Å². The van der Waals surface area contributed by atoms with Crippen molar-refractivity contribution < 1.29 is 5.11 Å². The first-order valence-corrected chi connectivity index (χ1v) is 6.06. The Kier molecular flexibility index (Phi) is 4.34. The summed E-state index contributed by atoms with van der Waals surface area (Å²) in [4.78, 5) is 5.16. The molecule has 4 heteroatoms. The fourth-order valence-corrected chi connectivity index (χ4v) is 2.47. The third kappa shape index (κ3) is 2.97. The number of hydrogen-bond acceptors (Lipinski definition) is 4. The second-order valence-corrected chi connectivity index (χ2v) is 5.32. The highest BCUT2D eigenvalue weighted by molar-refractivity contribution is 8.00. The molecule has 1 rings (SSSR count). The molecule has 1 N–H and O–H groups in total. The van der Waals surface area contributed by atoms with Crippen LogP contribution in [0.15, 0.2) is 11.0 Å². The Hall–Kier alpha value is -1.05. The molecule has 16 heavy (non-hydrogen) atoms. The maximum Gasteiger partial charge on any atom is 0.102 e. The number of hydrogen-bond donors (Lipinski definition) is 1. The molecule has 0 saturated heterocycles. The molecule has 0 radical (unpaired) electrons. The van der Waals surface area contributed by atoms with Crippen LogP contribution in [0.25, 0.3) is 0 Å². The molecule has 0 amide bonds. The van der Waals surface area contributed by atoms with E-state index in [0.717, 1.165) is 16.3 Å². The molecule has 3 nitrogen and oxygen atoms in total. The van der Waals surface area contributed by atoms with Gasteiger partial charge in [-0.05, 0) is 26.8 Å². The highest BCUT2D eigenvalue weighted by atomic mass is 32.2. The second-order valence-electron chi connectivity index (χ2n) is 3.90. The Morgan fingerprint density at radius 1 is 1.44 bits per heavy atom. The molecule has 2 atom stereocenters. The predicted octanol–water partition coefficient (Wildman–Crippen LogP) is 2.43. The van der Waals surface area contributed by atoms with E-state index < -0.39 is 6.10 Å². The van der Waals surface area contributed by atoms with Crippen molar-refractivity contribution in [2.45, 2.75) is 43.9 Å². The number of aliphatic hydroxyl groups excluding tert-OH is 1. The van der Waals surface area contributed by atoms with Gasteiger partial charge < -0.3 is 5.11 Å². The maximum absolute atomic E-state index is 9.47. The van der Waals surface area contributed by atoms with Gasteiger partial charge in [0.25, 0.3) is 0 Å². The number of aromatic nitrogens is 1. The van der Waals surface area contributed by atoms with Gasteiger partial charge >= 0.3 is 0 Å². The van der Waals surface area contributed by atoms with Gasteiger partial charge in [-0.3, -0.25) is 4.98 Å². The van der Waals surface area contributed by atoms with Crippen molar-refractivity contribution in [3.63, 3.8) is 0 Å². The fourth-order valence-electron chi connectivity index (χ4n) is 1.32.